The Balaban J connectivity index is 2.14. The first-order chi connectivity index (χ1) is 13.9. The number of benzene rings is 1. The lowest BCUT2D eigenvalue weighted by Crippen LogP contribution is -2.37. The maximum Gasteiger partial charge on any atom is 0.332 e. The van der Waals surface area contributed by atoms with Crippen LogP contribution in [0, 0.1) is 0 Å². The average Bonchev–Trinajstić information content (AvgIpc) is 2.74. The summed E-state index contributed by atoms with van der Waals surface area (Å²) in [5.74, 6) is 2.05. The van der Waals surface area contributed by atoms with E-state index in [-0.39, 0.29) is 11.2 Å². The van der Waals surface area contributed by atoms with E-state index in [0.29, 0.717) is 28.3 Å². The van der Waals surface area contributed by atoms with E-state index in [2.05, 4.69) is 11.9 Å². The van der Waals surface area contributed by atoms with Crippen molar-refractivity contribution in [2.45, 2.75) is 30.4 Å². The van der Waals surface area contributed by atoms with Crippen molar-refractivity contribution in [1.29, 1.82) is 0 Å². The number of hydrogen-bond acceptors (Lipinski definition) is 6. The highest BCUT2D eigenvalue weighted by Gasteiger charge is 2.17. The van der Waals surface area contributed by atoms with Gasteiger partial charge in [0.2, 0.25) is 0 Å². The molecule has 0 amide bonds. The van der Waals surface area contributed by atoms with Crippen LogP contribution in [0.15, 0.2) is 38.9 Å². The third kappa shape index (κ3) is 4.03. The average molecular weight is 416 g/mol. The van der Waals surface area contributed by atoms with Crippen LogP contribution in [0.5, 0.6) is 11.5 Å². The Hall–Kier alpha value is -2.74. The quantitative estimate of drug-likeness (QED) is 0.553. The first-order valence-electron chi connectivity index (χ1n) is 9.33. The Morgan fingerprint density at radius 2 is 1.69 bits per heavy atom. The Kier molecular flexibility index (Phi) is 6.32. The highest BCUT2D eigenvalue weighted by molar-refractivity contribution is 7.98. The zero-order valence-electron chi connectivity index (χ0n) is 17.3. The minimum Gasteiger partial charge on any atom is -0.497 e. The van der Waals surface area contributed by atoms with Gasteiger partial charge in [0.1, 0.15) is 17.1 Å². The van der Waals surface area contributed by atoms with Crippen molar-refractivity contribution in [3.05, 3.63) is 56.4 Å². The van der Waals surface area contributed by atoms with E-state index < -0.39 is 0 Å². The van der Waals surface area contributed by atoms with Gasteiger partial charge in [-0.05, 0) is 29.7 Å². The molecule has 0 fully saturated rings. The fourth-order valence-corrected chi connectivity index (χ4v) is 4.40. The standard InChI is InChI=1S/C21H25N3O4S/c1-6-7-14-11-22-19-17(20(25)24(3)21(26)23(19)2)18(14)29-12-13-8-15(27-4)10-16(9-13)28-5/h8-11H,6-7,12H2,1-5H3. The van der Waals surface area contributed by atoms with Crippen LogP contribution in [0.25, 0.3) is 11.0 Å². The van der Waals surface area contributed by atoms with Gasteiger partial charge in [-0.25, -0.2) is 9.78 Å². The summed E-state index contributed by atoms with van der Waals surface area (Å²) in [5.41, 5.74) is 1.73. The van der Waals surface area contributed by atoms with Gasteiger partial charge >= 0.3 is 5.69 Å². The highest BCUT2D eigenvalue weighted by Crippen LogP contribution is 2.33. The van der Waals surface area contributed by atoms with Crippen LogP contribution in [0.2, 0.25) is 0 Å². The lowest BCUT2D eigenvalue weighted by molar-refractivity contribution is 0.393. The van der Waals surface area contributed by atoms with Gasteiger partial charge in [-0.1, -0.05) is 13.3 Å². The topological polar surface area (TPSA) is 75.3 Å². The fourth-order valence-electron chi connectivity index (χ4n) is 3.26. The van der Waals surface area contributed by atoms with Crippen LogP contribution in [-0.4, -0.2) is 28.3 Å². The molecular weight excluding hydrogens is 390 g/mol. The number of aryl methyl sites for hydroxylation is 2. The molecule has 0 aliphatic heterocycles. The number of nitrogens with zero attached hydrogens (tertiary/aromatic N) is 3. The Morgan fingerprint density at radius 1 is 1.03 bits per heavy atom. The molecule has 0 saturated carbocycles. The van der Waals surface area contributed by atoms with Crippen LogP contribution < -0.4 is 20.7 Å². The van der Waals surface area contributed by atoms with Crippen molar-refractivity contribution in [1.82, 2.24) is 14.1 Å². The maximum atomic E-state index is 12.9. The summed E-state index contributed by atoms with van der Waals surface area (Å²) in [6.45, 7) is 2.09. The van der Waals surface area contributed by atoms with Crippen molar-refractivity contribution in [3.8, 4) is 11.5 Å². The third-order valence-electron chi connectivity index (χ3n) is 4.81. The number of ether oxygens (including phenoxy) is 2. The number of aromatic nitrogens is 3. The largest absolute Gasteiger partial charge is 0.497 e. The molecule has 0 bridgehead atoms. The Labute approximate surface area is 173 Å². The summed E-state index contributed by atoms with van der Waals surface area (Å²) >= 11 is 1.57. The van der Waals surface area contributed by atoms with E-state index >= 15 is 0 Å². The smallest absolute Gasteiger partial charge is 0.332 e. The van der Waals surface area contributed by atoms with Crippen LogP contribution in [0.1, 0.15) is 24.5 Å². The van der Waals surface area contributed by atoms with E-state index in [4.69, 9.17) is 9.47 Å². The summed E-state index contributed by atoms with van der Waals surface area (Å²) in [6, 6.07) is 5.72. The van der Waals surface area contributed by atoms with E-state index in [9.17, 15) is 9.59 Å². The summed E-state index contributed by atoms with van der Waals surface area (Å²) in [7, 11) is 6.37. The zero-order chi connectivity index (χ0) is 21.1. The number of fused-ring (bicyclic) bond motifs is 1. The Morgan fingerprint density at radius 3 is 2.28 bits per heavy atom. The molecule has 0 aliphatic rings. The monoisotopic (exact) mass is 415 g/mol. The minimum atomic E-state index is -0.383. The molecule has 0 saturated heterocycles. The third-order valence-corrected chi connectivity index (χ3v) is 6.04. The number of methoxy groups -OCH3 is 2. The van der Waals surface area contributed by atoms with Gasteiger partial charge in [-0.15, -0.1) is 11.8 Å². The highest BCUT2D eigenvalue weighted by atomic mass is 32.2. The van der Waals surface area contributed by atoms with E-state index in [1.165, 1.54) is 11.6 Å². The fraction of sp³-hybridized carbons (Fsp3) is 0.381. The summed E-state index contributed by atoms with van der Waals surface area (Å²) in [6.07, 6.45) is 3.51. The molecule has 7 nitrogen and oxygen atoms in total. The van der Waals surface area contributed by atoms with Crippen LogP contribution in [0.3, 0.4) is 0 Å². The molecule has 0 unspecified atom stereocenters. The SMILES string of the molecule is CCCc1cnc2c(c1SCc1cc(OC)cc(OC)c1)c(=O)n(C)c(=O)n2C. The van der Waals surface area contributed by atoms with Crippen molar-refractivity contribution in [2.24, 2.45) is 14.1 Å². The molecule has 1 aromatic carbocycles. The predicted molar refractivity (Wildman–Crippen MR) is 115 cm³/mol. The molecule has 2 heterocycles. The number of thioether (sulfide) groups is 1. The minimum absolute atomic E-state index is 0.320. The molecule has 8 heteroatoms. The van der Waals surface area contributed by atoms with Gasteiger partial charge in [0, 0.05) is 37.0 Å². The van der Waals surface area contributed by atoms with E-state index in [1.54, 1.807) is 39.2 Å². The molecule has 154 valence electrons. The predicted octanol–water partition coefficient (Wildman–Crippen LogP) is 2.89. The van der Waals surface area contributed by atoms with Gasteiger partial charge < -0.3 is 9.47 Å². The first kappa shape index (κ1) is 21.0. The molecule has 0 atom stereocenters. The lowest BCUT2D eigenvalue weighted by atomic mass is 10.1. The second kappa shape index (κ2) is 8.73. The number of pyridine rings is 1. The van der Waals surface area contributed by atoms with Gasteiger partial charge in [0.25, 0.3) is 5.56 Å². The second-order valence-corrected chi connectivity index (χ2v) is 7.76. The van der Waals surface area contributed by atoms with Gasteiger partial charge in [0.05, 0.1) is 19.6 Å². The van der Waals surface area contributed by atoms with E-state index in [0.717, 1.165) is 33.4 Å². The van der Waals surface area contributed by atoms with Crippen LogP contribution in [-0.2, 0) is 26.3 Å². The van der Waals surface area contributed by atoms with Crippen LogP contribution >= 0.6 is 11.8 Å². The van der Waals surface area contributed by atoms with Gasteiger partial charge in [-0.3, -0.25) is 13.9 Å². The Bertz CT molecular complexity index is 1150. The van der Waals surface area contributed by atoms with Crippen molar-refractivity contribution >= 4 is 22.8 Å². The first-order valence-corrected chi connectivity index (χ1v) is 10.3. The molecule has 2 aromatic heterocycles. The molecule has 0 N–H and O–H groups in total. The lowest BCUT2D eigenvalue weighted by Gasteiger charge is -2.14. The van der Waals surface area contributed by atoms with Crippen LogP contribution in [0.4, 0.5) is 0 Å². The van der Waals surface area contributed by atoms with Crippen molar-refractivity contribution in [3.63, 3.8) is 0 Å². The van der Waals surface area contributed by atoms with Gasteiger partial charge in [0.15, 0.2) is 0 Å². The van der Waals surface area contributed by atoms with Crippen molar-refractivity contribution < 1.29 is 9.47 Å². The maximum absolute atomic E-state index is 12.9. The molecule has 0 radical (unpaired) electrons. The molecule has 3 rings (SSSR count). The molecule has 3 aromatic rings. The van der Waals surface area contributed by atoms with Gasteiger partial charge in [-0.2, -0.15) is 0 Å². The summed E-state index contributed by atoms with van der Waals surface area (Å²) in [4.78, 5) is 30.5. The second-order valence-electron chi connectivity index (χ2n) is 6.78. The molecule has 29 heavy (non-hydrogen) atoms. The number of hydrogen-bond donors (Lipinski definition) is 0. The normalized spacial score (nSPS) is 11.1. The van der Waals surface area contributed by atoms with Crippen molar-refractivity contribution in [2.75, 3.05) is 14.2 Å². The summed E-state index contributed by atoms with van der Waals surface area (Å²) < 4.78 is 13.3. The molecular formula is C21H25N3O4S. The zero-order valence-corrected chi connectivity index (χ0v) is 18.1. The van der Waals surface area contributed by atoms with E-state index in [1.807, 2.05) is 18.2 Å². The number of rotatable bonds is 7. The summed E-state index contributed by atoms with van der Waals surface area (Å²) in [5, 5.41) is 0.486. The molecule has 0 aliphatic carbocycles. The molecule has 0 spiro atoms.